The van der Waals surface area contributed by atoms with Crippen molar-refractivity contribution in [1.82, 2.24) is 19.3 Å². The predicted molar refractivity (Wildman–Crippen MR) is 106 cm³/mol. The van der Waals surface area contributed by atoms with E-state index in [-0.39, 0.29) is 47.7 Å². The van der Waals surface area contributed by atoms with E-state index in [1.165, 1.54) is 26.8 Å². The Balaban J connectivity index is 1.82. The number of likely N-dealkylation sites (N-methyl/N-ethyl adjacent to an activating group) is 2. The zero-order valence-electron chi connectivity index (χ0n) is 17.1. The number of halogens is 1. The minimum absolute atomic E-state index is 0.00205. The summed E-state index contributed by atoms with van der Waals surface area (Å²) in [4.78, 5) is 43.3. The van der Waals surface area contributed by atoms with E-state index in [0.29, 0.717) is 24.3 Å². The van der Waals surface area contributed by atoms with Crippen LogP contribution in [0.1, 0.15) is 38.0 Å². The highest BCUT2D eigenvalue weighted by Crippen LogP contribution is 2.41. The van der Waals surface area contributed by atoms with Crippen LogP contribution < -0.4 is 0 Å². The monoisotopic (exact) mass is 414 g/mol. The van der Waals surface area contributed by atoms with E-state index in [1.807, 2.05) is 0 Å². The van der Waals surface area contributed by atoms with E-state index in [1.54, 1.807) is 37.8 Å². The molecule has 0 saturated heterocycles. The Labute approximate surface area is 173 Å². The lowest BCUT2D eigenvalue weighted by atomic mass is 9.93. The molecule has 0 spiro atoms. The molecule has 158 valence electrons. The smallest absolute Gasteiger partial charge is 0.274 e. The molecule has 2 aliphatic heterocycles. The van der Waals surface area contributed by atoms with Gasteiger partial charge in [-0.1, -0.05) is 12.1 Å². The van der Waals surface area contributed by atoms with Crippen molar-refractivity contribution in [1.29, 1.82) is 0 Å². The van der Waals surface area contributed by atoms with Gasteiger partial charge in [-0.2, -0.15) is 0 Å². The summed E-state index contributed by atoms with van der Waals surface area (Å²) in [6.07, 6.45) is 0. The highest BCUT2D eigenvalue weighted by molar-refractivity contribution is 6.07. The molecule has 2 aliphatic rings. The first-order chi connectivity index (χ1) is 14.2. The summed E-state index contributed by atoms with van der Waals surface area (Å²) in [5.74, 6) is -2.54. The highest BCUT2D eigenvalue weighted by atomic mass is 19.1. The molecule has 0 aliphatic carbocycles. The number of aromatic nitrogens is 1. The molecule has 1 atom stereocenters. The Morgan fingerprint density at radius 3 is 2.47 bits per heavy atom. The maximum atomic E-state index is 13.3. The SMILES string of the molecule is CN(C)C(=O)C1CN(Cc2ccc(F)cc2)C(=O)c2c(O)c3n(c21)CCN(C)C3=O. The summed E-state index contributed by atoms with van der Waals surface area (Å²) in [5.41, 5.74) is 1.14. The third-order valence-corrected chi connectivity index (χ3v) is 5.75. The van der Waals surface area contributed by atoms with Gasteiger partial charge in [-0.3, -0.25) is 14.4 Å². The average molecular weight is 414 g/mol. The fourth-order valence-electron chi connectivity index (χ4n) is 4.18. The summed E-state index contributed by atoms with van der Waals surface area (Å²) < 4.78 is 14.9. The number of hydrogen-bond acceptors (Lipinski definition) is 4. The number of aromatic hydroxyl groups is 1. The molecule has 1 aromatic heterocycles. The molecule has 0 saturated carbocycles. The molecule has 30 heavy (non-hydrogen) atoms. The summed E-state index contributed by atoms with van der Waals surface area (Å²) in [6.45, 7) is 1.07. The fourth-order valence-corrected chi connectivity index (χ4v) is 4.18. The zero-order valence-corrected chi connectivity index (χ0v) is 17.1. The molecule has 1 N–H and O–H groups in total. The number of carbonyl (C=O) groups is 3. The van der Waals surface area contributed by atoms with Crippen LogP contribution in [-0.4, -0.2) is 76.3 Å². The topological polar surface area (TPSA) is 86.1 Å². The van der Waals surface area contributed by atoms with Crippen LogP contribution in [0.2, 0.25) is 0 Å². The minimum atomic E-state index is -0.719. The van der Waals surface area contributed by atoms with Gasteiger partial charge in [-0.15, -0.1) is 0 Å². The summed E-state index contributed by atoms with van der Waals surface area (Å²) >= 11 is 0. The molecule has 0 bridgehead atoms. The van der Waals surface area contributed by atoms with Gasteiger partial charge in [0.2, 0.25) is 5.91 Å². The van der Waals surface area contributed by atoms with Gasteiger partial charge in [-0.25, -0.2) is 4.39 Å². The molecule has 1 unspecified atom stereocenters. The third kappa shape index (κ3) is 3.01. The van der Waals surface area contributed by atoms with Crippen LogP contribution in [0, 0.1) is 5.82 Å². The molecule has 8 nitrogen and oxygen atoms in total. The van der Waals surface area contributed by atoms with Crippen molar-refractivity contribution in [2.45, 2.75) is 19.0 Å². The standard InChI is InChI=1S/C21H23FN4O4/c1-23(2)19(28)14-11-25(10-12-4-6-13(22)7-5-12)20(29)15-16(14)26-9-8-24(3)21(30)17(26)18(15)27/h4-7,14,27H,8-11H2,1-3H3. The van der Waals surface area contributed by atoms with Crippen LogP contribution in [0.5, 0.6) is 5.75 Å². The summed E-state index contributed by atoms with van der Waals surface area (Å²) in [6, 6.07) is 5.76. The van der Waals surface area contributed by atoms with Gasteiger partial charge < -0.3 is 24.4 Å². The molecule has 2 aromatic rings. The molecule has 4 rings (SSSR count). The fraction of sp³-hybridized carbons (Fsp3) is 0.381. The number of carbonyl (C=O) groups excluding carboxylic acids is 3. The van der Waals surface area contributed by atoms with Crippen molar-refractivity contribution in [3.05, 3.63) is 52.6 Å². The number of rotatable bonds is 3. The molecule has 0 fully saturated rings. The number of fused-ring (bicyclic) bond motifs is 3. The Bertz CT molecular complexity index is 1040. The number of hydrogen-bond donors (Lipinski definition) is 1. The molecule has 9 heteroatoms. The van der Waals surface area contributed by atoms with E-state index >= 15 is 0 Å². The molecular formula is C21H23FN4O4. The Morgan fingerprint density at radius 1 is 1.17 bits per heavy atom. The lowest BCUT2D eigenvalue weighted by Gasteiger charge is -2.35. The van der Waals surface area contributed by atoms with E-state index in [4.69, 9.17) is 0 Å². The Hall–Kier alpha value is -3.36. The maximum absolute atomic E-state index is 13.3. The molecule has 0 radical (unpaired) electrons. The van der Waals surface area contributed by atoms with Crippen LogP contribution in [-0.2, 0) is 17.9 Å². The van der Waals surface area contributed by atoms with Crippen molar-refractivity contribution in [3.8, 4) is 5.75 Å². The largest absolute Gasteiger partial charge is 0.505 e. The van der Waals surface area contributed by atoms with Gasteiger partial charge in [0, 0.05) is 53.0 Å². The second kappa shape index (κ2) is 7.16. The van der Waals surface area contributed by atoms with Gasteiger partial charge >= 0.3 is 0 Å². The van der Waals surface area contributed by atoms with Gasteiger partial charge in [0.1, 0.15) is 11.4 Å². The minimum Gasteiger partial charge on any atom is -0.505 e. The van der Waals surface area contributed by atoms with Crippen LogP contribution in [0.25, 0.3) is 0 Å². The second-order valence-corrected chi connectivity index (χ2v) is 7.93. The molecule has 1 aromatic carbocycles. The van der Waals surface area contributed by atoms with Gasteiger partial charge in [0.05, 0.1) is 5.92 Å². The first kappa shape index (κ1) is 19.9. The lowest BCUT2D eigenvalue weighted by Crippen LogP contribution is -2.46. The van der Waals surface area contributed by atoms with E-state index in [2.05, 4.69) is 0 Å². The van der Waals surface area contributed by atoms with E-state index in [9.17, 15) is 23.9 Å². The van der Waals surface area contributed by atoms with Crippen molar-refractivity contribution >= 4 is 17.7 Å². The number of benzene rings is 1. The van der Waals surface area contributed by atoms with E-state index in [0.717, 1.165) is 0 Å². The predicted octanol–water partition coefficient (Wildman–Crippen LogP) is 1.25. The zero-order chi connectivity index (χ0) is 21.7. The van der Waals surface area contributed by atoms with E-state index < -0.39 is 11.8 Å². The van der Waals surface area contributed by atoms with Crippen molar-refractivity contribution in [3.63, 3.8) is 0 Å². The first-order valence-corrected chi connectivity index (χ1v) is 9.66. The van der Waals surface area contributed by atoms with Gasteiger partial charge in [0.25, 0.3) is 11.8 Å². The maximum Gasteiger partial charge on any atom is 0.274 e. The quantitative estimate of drug-likeness (QED) is 0.819. The van der Waals surface area contributed by atoms with Crippen LogP contribution in [0.3, 0.4) is 0 Å². The van der Waals surface area contributed by atoms with Crippen molar-refractivity contribution in [2.75, 3.05) is 34.2 Å². The van der Waals surface area contributed by atoms with Crippen LogP contribution in [0.15, 0.2) is 24.3 Å². The number of amides is 3. The molecular weight excluding hydrogens is 391 g/mol. The second-order valence-electron chi connectivity index (χ2n) is 7.93. The van der Waals surface area contributed by atoms with Crippen molar-refractivity contribution < 1.29 is 23.9 Å². The molecule has 3 amide bonds. The normalized spacial score (nSPS) is 18.3. The summed E-state index contributed by atoms with van der Waals surface area (Å²) in [5, 5.41) is 10.8. The molecule has 3 heterocycles. The first-order valence-electron chi connectivity index (χ1n) is 9.66. The Kier molecular flexibility index (Phi) is 4.76. The van der Waals surface area contributed by atoms with Crippen LogP contribution in [0.4, 0.5) is 4.39 Å². The van der Waals surface area contributed by atoms with Crippen molar-refractivity contribution in [2.24, 2.45) is 0 Å². The van der Waals surface area contributed by atoms with Gasteiger partial charge in [-0.05, 0) is 17.7 Å². The van der Waals surface area contributed by atoms with Crippen LogP contribution >= 0.6 is 0 Å². The van der Waals surface area contributed by atoms with Gasteiger partial charge in [0.15, 0.2) is 11.4 Å². The Morgan fingerprint density at radius 2 is 1.83 bits per heavy atom. The third-order valence-electron chi connectivity index (χ3n) is 5.75. The lowest BCUT2D eigenvalue weighted by molar-refractivity contribution is -0.130. The number of nitrogens with zero attached hydrogens (tertiary/aromatic N) is 4. The summed E-state index contributed by atoms with van der Waals surface area (Å²) in [7, 11) is 4.88. The highest BCUT2D eigenvalue weighted by Gasteiger charge is 2.45. The average Bonchev–Trinajstić information content (AvgIpc) is 3.01.